The summed E-state index contributed by atoms with van der Waals surface area (Å²) in [5.74, 6) is -0.621. The smallest absolute Gasteiger partial charge is 0.311 e. The molecule has 4 nitrogen and oxygen atoms in total. The highest BCUT2D eigenvalue weighted by Crippen LogP contribution is 2.11. The molecule has 12 heavy (non-hydrogen) atoms. The molecule has 1 saturated heterocycles. The Balaban J connectivity index is 2.38. The molecule has 0 aromatic heterocycles. The lowest BCUT2D eigenvalue weighted by atomic mass is 10.1. The minimum absolute atomic E-state index is 0.0688. The molecular formula is C8H13NO3. The first-order chi connectivity index (χ1) is 5.59. The third-order valence-electron chi connectivity index (χ3n) is 1.66. The topological polar surface area (TPSA) is 55.4 Å². The van der Waals surface area contributed by atoms with E-state index in [4.69, 9.17) is 4.74 Å². The minimum Gasteiger partial charge on any atom is -0.463 e. The van der Waals surface area contributed by atoms with Crippen molar-refractivity contribution in [2.75, 3.05) is 6.54 Å². The zero-order valence-corrected chi connectivity index (χ0v) is 7.29. The van der Waals surface area contributed by atoms with Crippen LogP contribution in [0.25, 0.3) is 0 Å². The lowest BCUT2D eigenvalue weighted by molar-refractivity contribution is -0.152. The maximum absolute atomic E-state index is 11.2. The second-order valence-corrected chi connectivity index (χ2v) is 3.19. The first-order valence-electron chi connectivity index (χ1n) is 4.07. The van der Waals surface area contributed by atoms with Gasteiger partial charge in [0.15, 0.2) is 0 Å². The summed E-state index contributed by atoms with van der Waals surface area (Å²) in [7, 11) is 0. The fourth-order valence-corrected chi connectivity index (χ4v) is 1.10. The van der Waals surface area contributed by atoms with E-state index in [1.54, 1.807) is 13.8 Å². The van der Waals surface area contributed by atoms with E-state index in [2.05, 4.69) is 5.32 Å². The van der Waals surface area contributed by atoms with Gasteiger partial charge in [-0.15, -0.1) is 0 Å². The fourth-order valence-electron chi connectivity index (χ4n) is 1.10. The van der Waals surface area contributed by atoms with Crippen LogP contribution in [0.1, 0.15) is 20.3 Å². The van der Waals surface area contributed by atoms with E-state index in [0.29, 0.717) is 6.54 Å². The van der Waals surface area contributed by atoms with Crippen LogP contribution in [0.5, 0.6) is 0 Å². The Morgan fingerprint density at radius 3 is 2.75 bits per heavy atom. The summed E-state index contributed by atoms with van der Waals surface area (Å²) < 4.78 is 4.95. The number of ether oxygens (including phenoxy) is 1. The lowest BCUT2D eigenvalue weighted by Crippen LogP contribution is -2.23. The molecule has 1 amide bonds. The van der Waals surface area contributed by atoms with E-state index >= 15 is 0 Å². The Kier molecular flexibility index (Phi) is 2.68. The monoisotopic (exact) mass is 171 g/mol. The summed E-state index contributed by atoms with van der Waals surface area (Å²) in [6.07, 6.45) is 0.166. The standard InChI is InChI=1S/C8H13NO3/c1-5(2)12-8(11)6-3-7(10)9-4-6/h5-6H,3-4H2,1-2H3,(H,9,10). The molecular weight excluding hydrogens is 158 g/mol. The highest BCUT2D eigenvalue weighted by Gasteiger charge is 2.29. The largest absolute Gasteiger partial charge is 0.463 e. The van der Waals surface area contributed by atoms with Crippen molar-refractivity contribution >= 4 is 11.9 Å². The molecule has 0 aliphatic carbocycles. The number of nitrogens with one attached hydrogen (secondary N) is 1. The summed E-state index contributed by atoms with van der Waals surface area (Å²) >= 11 is 0. The SMILES string of the molecule is CC(C)OC(=O)C1CNC(=O)C1. The highest BCUT2D eigenvalue weighted by atomic mass is 16.5. The van der Waals surface area contributed by atoms with Crippen LogP contribution in [-0.2, 0) is 14.3 Å². The van der Waals surface area contributed by atoms with E-state index in [1.807, 2.05) is 0 Å². The highest BCUT2D eigenvalue weighted by molar-refractivity contribution is 5.86. The van der Waals surface area contributed by atoms with Gasteiger partial charge >= 0.3 is 5.97 Å². The predicted octanol–water partition coefficient (Wildman–Crippen LogP) is 0.0741. The summed E-state index contributed by atoms with van der Waals surface area (Å²) in [6.45, 7) is 4.01. The van der Waals surface area contributed by atoms with Crippen molar-refractivity contribution in [3.63, 3.8) is 0 Å². The van der Waals surface area contributed by atoms with Gasteiger partial charge in [0.2, 0.25) is 5.91 Å². The molecule has 0 aromatic rings. The van der Waals surface area contributed by atoms with Crippen molar-refractivity contribution in [3.8, 4) is 0 Å². The van der Waals surface area contributed by atoms with Gasteiger partial charge in [-0.3, -0.25) is 9.59 Å². The predicted molar refractivity (Wildman–Crippen MR) is 42.3 cm³/mol. The molecule has 1 fully saturated rings. The Bertz CT molecular complexity index is 200. The number of carbonyl (C=O) groups excluding carboxylic acids is 2. The van der Waals surface area contributed by atoms with Gasteiger partial charge in [-0.25, -0.2) is 0 Å². The van der Waals surface area contributed by atoms with Crippen molar-refractivity contribution in [1.29, 1.82) is 0 Å². The van der Waals surface area contributed by atoms with Crippen LogP contribution in [0.3, 0.4) is 0 Å². The van der Waals surface area contributed by atoms with Crippen LogP contribution in [0, 0.1) is 5.92 Å². The van der Waals surface area contributed by atoms with Crippen LogP contribution < -0.4 is 5.32 Å². The maximum Gasteiger partial charge on any atom is 0.311 e. The summed E-state index contributed by atoms with van der Waals surface area (Å²) in [4.78, 5) is 21.9. The van der Waals surface area contributed by atoms with Gasteiger partial charge in [-0.05, 0) is 13.8 Å². The number of rotatable bonds is 2. The first-order valence-corrected chi connectivity index (χ1v) is 4.07. The third kappa shape index (κ3) is 2.22. The van der Waals surface area contributed by atoms with E-state index in [1.165, 1.54) is 0 Å². The minimum atomic E-state index is -0.278. The third-order valence-corrected chi connectivity index (χ3v) is 1.66. The quantitative estimate of drug-likeness (QED) is 0.598. The normalized spacial score (nSPS) is 22.6. The molecule has 1 rings (SSSR count). The molecule has 0 saturated carbocycles. The van der Waals surface area contributed by atoms with Gasteiger partial charge in [0.05, 0.1) is 12.0 Å². The van der Waals surface area contributed by atoms with Gasteiger partial charge in [0.1, 0.15) is 0 Å². The fraction of sp³-hybridized carbons (Fsp3) is 0.750. The van der Waals surface area contributed by atoms with Gasteiger partial charge in [0, 0.05) is 13.0 Å². The number of hydrogen-bond acceptors (Lipinski definition) is 3. The van der Waals surface area contributed by atoms with Crippen LogP contribution >= 0.6 is 0 Å². The van der Waals surface area contributed by atoms with Crippen LogP contribution in [0.4, 0.5) is 0 Å². The number of hydrogen-bond donors (Lipinski definition) is 1. The molecule has 0 radical (unpaired) electrons. The van der Waals surface area contributed by atoms with Gasteiger partial charge in [-0.2, -0.15) is 0 Å². The molecule has 1 aliphatic heterocycles. The van der Waals surface area contributed by atoms with Gasteiger partial charge in [0.25, 0.3) is 0 Å². The van der Waals surface area contributed by atoms with E-state index < -0.39 is 0 Å². The Labute approximate surface area is 71.3 Å². The second kappa shape index (κ2) is 3.56. The Morgan fingerprint density at radius 1 is 1.67 bits per heavy atom. The molecule has 1 aliphatic rings. The van der Waals surface area contributed by atoms with E-state index in [9.17, 15) is 9.59 Å². The number of amides is 1. The van der Waals surface area contributed by atoms with E-state index in [-0.39, 0.29) is 30.3 Å². The average Bonchev–Trinajstić information content (AvgIpc) is 2.34. The molecule has 0 aromatic carbocycles. The molecule has 0 bridgehead atoms. The Morgan fingerprint density at radius 2 is 2.33 bits per heavy atom. The molecule has 1 N–H and O–H groups in total. The maximum atomic E-state index is 11.2. The number of esters is 1. The van der Waals surface area contributed by atoms with Crippen molar-refractivity contribution in [2.45, 2.75) is 26.4 Å². The molecule has 1 heterocycles. The zero-order chi connectivity index (χ0) is 9.14. The first kappa shape index (κ1) is 9.03. The van der Waals surface area contributed by atoms with Crippen molar-refractivity contribution in [1.82, 2.24) is 5.32 Å². The summed E-state index contributed by atoms with van der Waals surface area (Å²) in [6, 6.07) is 0. The molecule has 68 valence electrons. The molecule has 4 heteroatoms. The van der Waals surface area contributed by atoms with Crippen molar-refractivity contribution in [3.05, 3.63) is 0 Å². The summed E-state index contributed by atoms with van der Waals surface area (Å²) in [5, 5.41) is 2.58. The molecule has 1 atom stereocenters. The lowest BCUT2D eigenvalue weighted by Gasteiger charge is -2.10. The molecule has 0 spiro atoms. The van der Waals surface area contributed by atoms with Crippen LogP contribution in [0.15, 0.2) is 0 Å². The van der Waals surface area contributed by atoms with Crippen molar-refractivity contribution in [2.24, 2.45) is 5.92 Å². The molecule has 1 unspecified atom stereocenters. The van der Waals surface area contributed by atoms with Crippen LogP contribution in [-0.4, -0.2) is 24.5 Å². The van der Waals surface area contributed by atoms with Crippen molar-refractivity contribution < 1.29 is 14.3 Å². The second-order valence-electron chi connectivity index (χ2n) is 3.19. The average molecular weight is 171 g/mol. The number of carbonyl (C=O) groups is 2. The van der Waals surface area contributed by atoms with E-state index in [0.717, 1.165) is 0 Å². The zero-order valence-electron chi connectivity index (χ0n) is 7.29. The van der Waals surface area contributed by atoms with Crippen LogP contribution in [0.2, 0.25) is 0 Å². The summed E-state index contributed by atoms with van der Waals surface area (Å²) in [5.41, 5.74) is 0. The van der Waals surface area contributed by atoms with Gasteiger partial charge in [-0.1, -0.05) is 0 Å². The Hall–Kier alpha value is -1.06. The van der Waals surface area contributed by atoms with Gasteiger partial charge < -0.3 is 10.1 Å².